The summed E-state index contributed by atoms with van der Waals surface area (Å²) in [5.41, 5.74) is 9.17. The normalized spacial score (nSPS) is 12.7. The van der Waals surface area contributed by atoms with Crippen LogP contribution in [0.15, 0.2) is 0 Å². The van der Waals surface area contributed by atoms with Crippen LogP contribution in [0.3, 0.4) is 0 Å². The van der Waals surface area contributed by atoms with Crippen molar-refractivity contribution >= 4 is 5.91 Å². The number of rotatable bonds is 10. The Labute approximate surface area is 141 Å². The number of nitrogens with one attached hydrogen (secondary N) is 1. The molecule has 5 nitrogen and oxygen atoms in total. The molecule has 0 fully saturated rings. The zero-order valence-electron chi connectivity index (χ0n) is 15.5. The third-order valence-corrected chi connectivity index (χ3v) is 4.23. The molecular weight excluding hydrogens is 288 g/mol. The zero-order chi connectivity index (χ0) is 17.4. The molecule has 1 heterocycles. The summed E-state index contributed by atoms with van der Waals surface area (Å²) in [5, 5.41) is 7.67. The molecule has 0 saturated heterocycles. The van der Waals surface area contributed by atoms with Gasteiger partial charge in [-0.05, 0) is 38.2 Å². The summed E-state index contributed by atoms with van der Waals surface area (Å²) in [4.78, 5) is 12.2. The summed E-state index contributed by atoms with van der Waals surface area (Å²) in [7, 11) is 0. The molecule has 0 aliphatic rings. The number of hydrogen-bond donors (Lipinski definition) is 2. The summed E-state index contributed by atoms with van der Waals surface area (Å²) in [6.07, 6.45) is 4.43. The average molecular weight is 322 g/mol. The van der Waals surface area contributed by atoms with Gasteiger partial charge in [0, 0.05) is 31.2 Å². The number of unbranched alkanes of at least 4 members (excludes halogenated alkanes) is 1. The maximum Gasteiger partial charge on any atom is 0.220 e. The maximum absolute atomic E-state index is 12.2. The minimum atomic E-state index is 0.0898. The highest BCUT2D eigenvalue weighted by Crippen LogP contribution is 2.16. The lowest BCUT2D eigenvalue weighted by Gasteiger charge is -2.16. The van der Waals surface area contributed by atoms with Gasteiger partial charge in [-0.25, -0.2) is 0 Å². The molecule has 5 heteroatoms. The van der Waals surface area contributed by atoms with Gasteiger partial charge in [0.1, 0.15) is 0 Å². The first-order valence-corrected chi connectivity index (χ1v) is 8.91. The average Bonchev–Trinajstić information content (AvgIpc) is 2.75. The molecule has 0 aromatic carbocycles. The molecule has 1 atom stereocenters. The molecular formula is C18H34N4O. The van der Waals surface area contributed by atoms with Gasteiger partial charge in [-0.1, -0.05) is 33.6 Å². The first-order valence-electron chi connectivity index (χ1n) is 8.91. The molecule has 3 N–H and O–H groups in total. The lowest BCUT2D eigenvalue weighted by molar-refractivity contribution is -0.121. The van der Waals surface area contributed by atoms with E-state index in [1.807, 2.05) is 6.92 Å². The van der Waals surface area contributed by atoms with Crippen LogP contribution in [0.1, 0.15) is 63.4 Å². The van der Waals surface area contributed by atoms with E-state index >= 15 is 0 Å². The van der Waals surface area contributed by atoms with Crippen molar-refractivity contribution in [3.05, 3.63) is 17.0 Å². The molecule has 0 radical (unpaired) electrons. The van der Waals surface area contributed by atoms with Crippen molar-refractivity contribution in [3.63, 3.8) is 0 Å². The Bertz CT molecular complexity index is 493. The Morgan fingerprint density at radius 2 is 2.04 bits per heavy atom. The van der Waals surface area contributed by atoms with E-state index in [1.54, 1.807) is 0 Å². The molecule has 0 bridgehead atoms. The van der Waals surface area contributed by atoms with Crippen molar-refractivity contribution in [2.24, 2.45) is 11.7 Å². The maximum atomic E-state index is 12.2. The third-order valence-electron chi connectivity index (χ3n) is 4.23. The SMILES string of the molecule is CCCCC(CN)NC(=O)CCc1c(C)nn(CC(C)C)c1C. The highest BCUT2D eigenvalue weighted by Gasteiger charge is 2.15. The van der Waals surface area contributed by atoms with Gasteiger partial charge in [0.15, 0.2) is 0 Å². The van der Waals surface area contributed by atoms with Crippen LogP contribution in [-0.4, -0.2) is 28.3 Å². The first-order chi connectivity index (χ1) is 10.9. The predicted molar refractivity (Wildman–Crippen MR) is 95.4 cm³/mol. The van der Waals surface area contributed by atoms with Gasteiger partial charge < -0.3 is 11.1 Å². The fraction of sp³-hybridized carbons (Fsp3) is 0.778. The number of hydrogen-bond acceptors (Lipinski definition) is 3. The van der Waals surface area contributed by atoms with Crippen LogP contribution in [0.25, 0.3) is 0 Å². The Balaban J connectivity index is 2.57. The van der Waals surface area contributed by atoms with Gasteiger partial charge >= 0.3 is 0 Å². The van der Waals surface area contributed by atoms with E-state index in [0.717, 1.165) is 37.9 Å². The molecule has 1 unspecified atom stereocenters. The first kappa shape index (κ1) is 19.7. The molecule has 0 aliphatic heterocycles. The van der Waals surface area contributed by atoms with E-state index in [2.05, 4.69) is 42.8 Å². The quantitative estimate of drug-likeness (QED) is 0.695. The standard InChI is InChI=1S/C18H34N4O/c1-6-7-8-16(11-19)20-18(23)10-9-17-14(4)21-22(15(17)5)12-13(2)3/h13,16H,6-12,19H2,1-5H3,(H,20,23). The topological polar surface area (TPSA) is 72.9 Å². The molecule has 1 aromatic rings. The predicted octanol–water partition coefficient (Wildman–Crippen LogP) is 2.72. The lowest BCUT2D eigenvalue weighted by Crippen LogP contribution is -2.40. The smallest absolute Gasteiger partial charge is 0.220 e. The minimum absolute atomic E-state index is 0.0898. The monoisotopic (exact) mass is 322 g/mol. The summed E-state index contributed by atoms with van der Waals surface area (Å²) in [6, 6.07) is 0.105. The van der Waals surface area contributed by atoms with Crippen LogP contribution in [-0.2, 0) is 17.8 Å². The van der Waals surface area contributed by atoms with E-state index in [-0.39, 0.29) is 11.9 Å². The fourth-order valence-corrected chi connectivity index (χ4v) is 2.86. The fourth-order valence-electron chi connectivity index (χ4n) is 2.86. The van der Waals surface area contributed by atoms with Gasteiger partial charge in [-0.3, -0.25) is 9.48 Å². The molecule has 1 aromatic heterocycles. The number of carbonyl (C=O) groups excluding carboxylic acids is 1. The van der Waals surface area contributed by atoms with Gasteiger partial charge in [0.05, 0.1) is 5.69 Å². The number of carbonyl (C=O) groups is 1. The Hall–Kier alpha value is -1.36. The highest BCUT2D eigenvalue weighted by molar-refractivity contribution is 5.76. The van der Waals surface area contributed by atoms with Crippen LogP contribution in [0.4, 0.5) is 0 Å². The number of amides is 1. The molecule has 0 aliphatic carbocycles. The molecule has 1 amide bonds. The second kappa shape index (κ2) is 9.71. The second-order valence-corrected chi connectivity index (χ2v) is 6.87. The Morgan fingerprint density at radius 3 is 2.61 bits per heavy atom. The van der Waals surface area contributed by atoms with E-state index in [0.29, 0.717) is 18.9 Å². The lowest BCUT2D eigenvalue weighted by atomic mass is 10.1. The van der Waals surface area contributed by atoms with Crippen LogP contribution < -0.4 is 11.1 Å². The largest absolute Gasteiger partial charge is 0.352 e. The van der Waals surface area contributed by atoms with Crippen LogP contribution in [0, 0.1) is 19.8 Å². The van der Waals surface area contributed by atoms with E-state index in [9.17, 15) is 4.79 Å². The van der Waals surface area contributed by atoms with Crippen LogP contribution in [0.2, 0.25) is 0 Å². The van der Waals surface area contributed by atoms with E-state index in [4.69, 9.17) is 5.73 Å². The van der Waals surface area contributed by atoms with Crippen LogP contribution in [0.5, 0.6) is 0 Å². The van der Waals surface area contributed by atoms with E-state index in [1.165, 1.54) is 11.3 Å². The summed E-state index contributed by atoms with van der Waals surface area (Å²) >= 11 is 0. The van der Waals surface area contributed by atoms with Crippen molar-refractivity contribution in [2.45, 2.75) is 79.3 Å². The van der Waals surface area contributed by atoms with Gasteiger partial charge in [0.2, 0.25) is 5.91 Å². The minimum Gasteiger partial charge on any atom is -0.352 e. The highest BCUT2D eigenvalue weighted by atomic mass is 16.1. The van der Waals surface area contributed by atoms with Gasteiger partial charge in [-0.15, -0.1) is 0 Å². The third kappa shape index (κ3) is 6.34. The van der Waals surface area contributed by atoms with Crippen molar-refractivity contribution in [3.8, 4) is 0 Å². The molecule has 132 valence electrons. The molecule has 0 spiro atoms. The van der Waals surface area contributed by atoms with Crippen molar-refractivity contribution in [1.29, 1.82) is 0 Å². The summed E-state index contributed by atoms with van der Waals surface area (Å²) < 4.78 is 2.07. The number of nitrogens with zero attached hydrogens (tertiary/aromatic N) is 2. The summed E-state index contributed by atoms with van der Waals surface area (Å²) in [6.45, 7) is 12.1. The Morgan fingerprint density at radius 1 is 1.35 bits per heavy atom. The Kier molecular flexibility index (Phi) is 8.31. The van der Waals surface area contributed by atoms with E-state index < -0.39 is 0 Å². The molecule has 0 saturated carbocycles. The zero-order valence-corrected chi connectivity index (χ0v) is 15.5. The number of nitrogens with two attached hydrogens (primary N) is 1. The van der Waals surface area contributed by atoms with Crippen LogP contribution >= 0.6 is 0 Å². The number of aromatic nitrogens is 2. The van der Waals surface area contributed by atoms with Gasteiger partial charge in [0.25, 0.3) is 0 Å². The summed E-state index contributed by atoms with van der Waals surface area (Å²) in [5.74, 6) is 0.653. The molecule has 23 heavy (non-hydrogen) atoms. The molecule has 1 rings (SSSR count). The van der Waals surface area contributed by atoms with Crippen molar-refractivity contribution in [1.82, 2.24) is 15.1 Å². The van der Waals surface area contributed by atoms with Crippen molar-refractivity contribution in [2.75, 3.05) is 6.54 Å². The van der Waals surface area contributed by atoms with Crippen molar-refractivity contribution < 1.29 is 4.79 Å². The second-order valence-electron chi connectivity index (χ2n) is 6.87. The number of aryl methyl sites for hydroxylation is 1. The van der Waals surface area contributed by atoms with Gasteiger partial charge in [-0.2, -0.15) is 5.10 Å².